The van der Waals surface area contributed by atoms with Gasteiger partial charge in [-0.25, -0.2) is 4.99 Å². The summed E-state index contributed by atoms with van der Waals surface area (Å²) < 4.78 is 0. The van der Waals surface area contributed by atoms with Gasteiger partial charge in [0.2, 0.25) is 0 Å². The van der Waals surface area contributed by atoms with Crippen LogP contribution in [0.25, 0.3) is 16.8 Å². The number of nitrogens with zero attached hydrogens (tertiary/aromatic N) is 1. The molecule has 0 radical (unpaired) electrons. The van der Waals surface area contributed by atoms with Crippen LogP contribution in [0, 0.1) is 0 Å². The number of amidine groups is 1. The Hall–Kier alpha value is -3.38. The van der Waals surface area contributed by atoms with Gasteiger partial charge in [-0.3, -0.25) is 9.59 Å². The Morgan fingerprint density at radius 1 is 1.04 bits per heavy atom. The summed E-state index contributed by atoms with van der Waals surface area (Å²) in [6.07, 6.45) is 1.78. The number of carbonyl (C=O) groups excluding carboxylic acids is 1. The topological polar surface area (TPSA) is 78.8 Å². The van der Waals surface area contributed by atoms with E-state index in [9.17, 15) is 9.59 Å². The second kappa shape index (κ2) is 7.70. The summed E-state index contributed by atoms with van der Waals surface area (Å²) in [7, 11) is 0. The molecule has 4 rings (SSSR count). The second-order valence-electron chi connectivity index (χ2n) is 6.33. The van der Waals surface area contributed by atoms with Gasteiger partial charge in [-0.2, -0.15) is 0 Å². The van der Waals surface area contributed by atoms with E-state index in [0.29, 0.717) is 21.3 Å². The molecule has 0 aromatic heterocycles. The van der Waals surface area contributed by atoms with Crippen LogP contribution in [0.1, 0.15) is 11.1 Å². The summed E-state index contributed by atoms with van der Waals surface area (Å²) in [5, 5.41) is 14.4. The highest BCUT2D eigenvalue weighted by Gasteiger charge is 2.23. The number of nitrogens with one attached hydrogen (secondary N) is 1. The number of carbonyl (C=O) groups is 2. The third-order valence-electron chi connectivity index (χ3n) is 4.22. The van der Waals surface area contributed by atoms with Crippen molar-refractivity contribution in [3.05, 3.63) is 82.8 Å². The first-order valence-corrected chi connectivity index (χ1v) is 9.48. The first kappa shape index (κ1) is 18.0. The fourth-order valence-electron chi connectivity index (χ4n) is 2.96. The van der Waals surface area contributed by atoms with Crippen molar-refractivity contribution >= 4 is 51.3 Å². The molecule has 1 saturated heterocycles. The standard InChI is InChI=1S/C22H16N2O3S/c25-20(26)13-14-4-3-7-18(11-14)23-22-24-21(27)19(28-22)12-15-8-9-16-5-1-2-6-17(16)10-15/h1-12H,13H2,(H,25,26)(H,23,24,27)/b19-12+. The van der Waals surface area contributed by atoms with E-state index in [2.05, 4.69) is 10.3 Å². The lowest BCUT2D eigenvalue weighted by atomic mass is 10.1. The number of benzene rings is 3. The van der Waals surface area contributed by atoms with E-state index in [1.165, 1.54) is 11.8 Å². The van der Waals surface area contributed by atoms with Gasteiger partial charge in [0.25, 0.3) is 5.91 Å². The minimum absolute atomic E-state index is 0.0642. The van der Waals surface area contributed by atoms with Gasteiger partial charge < -0.3 is 10.4 Å². The number of carboxylic acids is 1. The fourth-order valence-corrected chi connectivity index (χ4v) is 3.80. The van der Waals surface area contributed by atoms with Gasteiger partial charge in [0, 0.05) is 0 Å². The van der Waals surface area contributed by atoms with Gasteiger partial charge >= 0.3 is 5.97 Å². The Bertz CT molecular complexity index is 1150. The Kier molecular flexibility index (Phi) is 4.95. The lowest BCUT2D eigenvalue weighted by molar-refractivity contribution is -0.136. The number of rotatable bonds is 4. The highest BCUT2D eigenvalue weighted by Crippen LogP contribution is 2.29. The van der Waals surface area contributed by atoms with Crippen LogP contribution in [0.3, 0.4) is 0 Å². The molecule has 1 aliphatic heterocycles. The third kappa shape index (κ3) is 4.13. The maximum Gasteiger partial charge on any atom is 0.307 e. The van der Waals surface area contributed by atoms with Crippen LogP contribution >= 0.6 is 11.8 Å². The zero-order valence-corrected chi connectivity index (χ0v) is 15.6. The first-order chi connectivity index (χ1) is 13.6. The van der Waals surface area contributed by atoms with E-state index in [-0.39, 0.29) is 12.3 Å². The quantitative estimate of drug-likeness (QED) is 0.651. The van der Waals surface area contributed by atoms with E-state index in [4.69, 9.17) is 5.11 Å². The number of aliphatic carboxylic acids is 1. The van der Waals surface area contributed by atoms with Crippen molar-refractivity contribution in [1.29, 1.82) is 0 Å². The normalized spacial score (nSPS) is 16.6. The lowest BCUT2D eigenvalue weighted by Gasteiger charge is -2.00. The maximum atomic E-state index is 12.3. The fraction of sp³-hybridized carbons (Fsp3) is 0.0455. The van der Waals surface area contributed by atoms with Gasteiger partial charge in [-0.1, -0.05) is 48.5 Å². The number of amides is 1. The summed E-state index contributed by atoms with van der Waals surface area (Å²) in [5.74, 6) is -1.09. The molecule has 0 aliphatic carbocycles. The number of carboxylic acid groups (broad SMARTS) is 1. The molecule has 28 heavy (non-hydrogen) atoms. The second-order valence-corrected chi connectivity index (χ2v) is 7.36. The number of aliphatic imine (C=N–C) groups is 1. The molecular weight excluding hydrogens is 372 g/mol. The van der Waals surface area contributed by atoms with Crippen LogP contribution in [0.15, 0.2) is 76.6 Å². The van der Waals surface area contributed by atoms with Crippen LogP contribution in [0.5, 0.6) is 0 Å². The molecule has 0 saturated carbocycles. The Balaban J connectivity index is 1.57. The van der Waals surface area contributed by atoms with Gasteiger partial charge in [-0.15, -0.1) is 0 Å². The van der Waals surface area contributed by atoms with Gasteiger partial charge in [0.05, 0.1) is 17.0 Å². The minimum Gasteiger partial charge on any atom is -0.481 e. The summed E-state index contributed by atoms with van der Waals surface area (Å²) in [6.45, 7) is 0. The summed E-state index contributed by atoms with van der Waals surface area (Å²) in [6, 6.07) is 21.1. The van der Waals surface area contributed by atoms with Crippen molar-refractivity contribution in [3.63, 3.8) is 0 Å². The Morgan fingerprint density at radius 2 is 1.86 bits per heavy atom. The van der Waals surface area contributed by atoms with E-state index in [0.717, 1.165) is 16.3 Å². The number of thioether (sulfide) groups is 1. The predicted molar refractivity (Wildman–Crippen MR) is 113 cm³/mol. The van der Waals surface area contributed by atoms with Crippen LogP contribution in [-0.2, 0) is 16.0 Å². The SMILES string of the molecule is O=C(O)Cc1cccc(N=C2NC(=O)/C(=C\c3ccc4ccccc4c3)S2)c1. The van der Waals surface area contributed by atoms with E-state index in [1.54, 1.807) is 24.3 Å². The predicted octanol–water partition coefficient (Wildman–Crippen LogP) is 4.36. The van der Waals surface area contributed by atoms with Crippen molar-refractivity contribution in [2.24, 2.45) is 4.99 Å². The van der Waals surface area contributed by atoms with Crippen LogP contribution < -0.4 is 5.32 Å². The van der Waals surface area contributed by atoms with Crippen molar-refractivity contribution in [2.75, 3.05) is 0 Å². The van der Waals surface area contributed by atoms with Crippen LogP contribution in [-0.4, -0.2) is 22.2 Å². The molecule has 0 spiro atoms. The molecule has 1 fully saturated rings. The zero-order valence-electron chi connectivity index (χ0n) is 14.8. The largest absolute Gasteiger partial charge is 0.481 e. The van der Waals surface area contributed by atoms with Crippen molar-refractivity contribution in [2.45, 2.75) is 6.42 Å². The zero-order chi connectivity index (χ0) is 19.5. The highest BCUT2D eigenvalue weighted by molar-refractivity contribution is 8.18. The molecule has 0 atom stereocenters. The summed E-state index contributed by atoms with van der Waals surface area (Å²) >= 11 is 1.27. The maximum absolute atomic E-state index is 12.3. The molecule has 0 bridgehead atoms. The molecular formula is C22H16N2O3S. The molecule has 5 nitrogen and oxygen atoms in total. The molecule has 1 heterocycles. The molecule has 6 heteroatoms. The summed E-state index contributed by atoms with van der Waals surface area (Å²) in [4.78, 5) is 28.2. The molecule has 138 valence electrons. The molecule has 1 amide bonds. The molecule has 3 aromatic rings. The average Bonchev–Trinajstić information content (AvgIpc) is 3.00. The van der Waals surface area contributed by atoms with Gasteiger partial charge in [0.15, 0.2) is 5.17 Å². The Labute approximate surface area is 165 Å². The van der Waals surface area contributed by atoms with E-state index >= 15 is 0 Å². The molecule has 3 aromatic carbocycles. The van der Waals surface area contributed by atoms with E-state index < -0.39 is 5.97 Å². The molecule has 0 unspecified atom stereocenters. The lowest BCUT2D eigenvalue weighted by Crippen LogP contribution is -2.19. The highest BCUT2D eigenvalue weighted by atomic mass is 32.2. The van der Waals surface area contributed by atoms with Crippen molar-refractivity contribution < 1.29 is 14.7 Å². The van der Waals surface area contributed by atoms with Crippen molar-refractivity contribution in [3.8, 4) is 0 Å². The third-order valence-corrected chi connectivity index (χ3v) is 5.13. The van der Waals surface area contributed by atoms with Crippen LogP contribution in [0.4, 0.5) is 5.69 Å². The van der Waals surface area contributed by atoms with Crippen molar-refractivity contribution in [1.82, 2.24) is 5.32 Å². The minimum atomic E-state index is -0.894. The van der Waals surface area contributed by atoms with Gasteiger partial charge in [-0.05, 0) is 57.9 Å². The number of hydrogen-bond acceptors (Lipinski definition) is 4. The monoisotopic (exact) mass is 388 g/mol. The first-order valence-electron chi connectivity index (χ1n) is 8.66. The smallest absolute Gasteiger partial charge is 0.307 e. The average molecular weight is 388 g/mol. The summed E-state index contributed by atoms with van der Waals surface area (Å²) in [5.41, 5.74) is 2.21. The number of hydrogen-bond donors (Lipinski definition) is 2. The Morgan fingerprint density at radius 3 is 2.68 bits per heavy atom. The number of fused-ring (bicyclic) bond motifs is 1. The van der Waals surface area contributed by atoms with Crippen LogP contribution in [0.2, 0.25) is 0 Å². The molecule has 1 aliphatic rings. The molecule has 2 N–H and O–H groups in total. The van der Waals surface area contributed by atoms with E-state index in [1.807, 2.05) is 48.5 Å². The van der Waals surface area contributed by atoms with Gasteiger partial charge in [0.1, 0.15) is 0 Å².